The molecule has 0 heterocycles. The second kappa shape index (κ2) is 6.46. The minimum Gasteiger partial charge on any atom is -0.467 e. The maximum atomic E-state index is 12.2. The molecule has 0 bridgehead atoms. The number of esters is 1. The third kappa shape index (κ3) is 3.44. The predicted octanol–water partition coefficient (Wildman–Crippen LogP) is 3.37. The monoisotopic (exact) mass is 317 g/mol. The lowest BCUT2D eigenvalue weighted by atomic mass is 9.98. The number of hydrogen-bond acceptors (Lipinski definition) is 3. The number of methoxy groups -OCH3 is 1. The second-order valence-corrected chi connectivity index (χ2v) is 5.51. The summed E-state index contributed by atoms with van der Waals surface area (Å²) in [4.78, 5) is 23.9. The molecule has 1 atom stereocenters. The molecule has 110 valence electrons. The van der Waals surface area contributed by atoms with Crippen molar-refractivity contribution in [3.05, 3.63) is 33.3 Å². The molecule has 20 heavy (non-hydrogen) atoms. The molecule has 1 N–H and O–H groups in total. The fourth-order valence-electron chi connectivity index (χ4n) is 1.61. The van der Waals surface area contributed by atoms with Crippen LogP contribution in [0, 0.1) is 6.92 Å². The van der Waals surface area contributed by atoms with Crippen molar-refractivity contribution in [1.29, 1.82) is 0 Å². The highest BCUT2D eigenvalue weighted by Gasteiger charge is 2.34. The maximum absolute atomic E-state index is 12.2. The molecule has 0 aliphatic carbocycles. The number of rotatable bonds is 4. The van der Waals surface area contributed by atoms with Crippen molar-refractivity contribution < 1.29 is 14.3 Å². The van der Waals surface area contributed by atoms with E-state index in [1.165, 1.54) is 19.2 Å². The van der Waals surface area contributed by atoms with E-state index in [1.54, 1.807) is 20.8 Å². The number of carbonyl (C=O) groups is 2. The van der Waals surface area contributed by atoms with Gasteiger partial charge in [0, 0.05) is 15.6 Å². The Morgan fingerprint density at radius 3 is 2.20 bits per heavy atom. The van der Waals surface area contributed by atoms with Crippen molar-refractivity contribution in [2.45, 2.75) is 32.7 Å². The molecule has 0 radical (unpaired) electrons. The van der Waals surface area contributed by atoms with Gasteiger partial charge in [0.05, 0.1) is 7.11 Å². The van der Waals surface area contributed by atoms with Crippen molar-refractivity contribution in [1.82, 2.24) is 5.32 Å². The molecule has 1 amide bonds. The lowest BCUT2D eigenvalue weighted by Crippen LogP contribution is -2.52. The number of carbonyl (C=O) groups excluding carboxylic acids is 2. The fraction of sp³-hybridized carbons (Fsp3) is 0.429. The summed E-state index contributed by atoms with van der Waals surface area (Å²) < 4.78 is 4.70. The minimum absolute atomic E-state index is 0.300. The number of halogens is 2. The molecule has 6 heteroatoms. The van der Waals surface area contributed by atoms with Gasteiger partial charge in [-0.2, -0.15) is 0 Å². The van der Waals surface area contributed by atoms with Gasteiger partial charge in [0.2, 0.25) is 0 Å². The molecule has 0 aliphatic heterocycles. The molecule has 0 saturated carbocycles. The molecule has 0 aliphatic rings. The van der Waals surface area contributed by atoms with Crippen molar-refractivity contribution in [3.8, 4) is 0 Å². The van der Waals surface area contributed by atoms with Gasteiger partial charge in [-0.05, 0) is 38.0 Å². The van der Waals surface area contributed by atoms with Crippen LogP contribution in [0.2, 0.25) is 10.0 Å². The van der Waals surface area contributed by atoms with Crippen molar-refractivity contribution in [3.63, 3.8) is 0 Å². The van der Waals surface area contributed by atoms with Crippen LogP contribution >= 0.6 is 23.2 Å². The van der Waals surface area contributed by atoms with Crippen LogP contribution < -0.4 is 5.32 Å². The fourth-order valence-corrected chi connectivity index (χ4v) is 2.10. The summed E-state index contributed by atoms with van der Waals surface area (Å²) in [6, 6.07) is 3.04. The highest BCUT2D eigenvalue weighted by molar-refractivity contribution is 6.36. The Morgan fingerprint density at radius 2 is 1.80 bits per heavy atom. The largest absolute Gasteiger partial charge is 0.467 e. The molecule has 0 unspecified atom stereocenters. The van der Waals surface area contributed by atoms with E-state index in [4.69, 9.17) is 27.9 Å². The van der Waals surface area contributed by atoms with Crippen LogP contribution in [0.5, 0.6) is 0 Å². The van der Waals surface area contributed by atoms with Gasteiger partial charge in [-0.15, -0.1) is 0 Å². The van der Waals surface area contributed by atoms with E-state index in [-0.39, 0.29) is 0 Å². The van der Waals surface area contributed by atoms with E-state index in [2.05, 4.69) is 5.32 Å². The predicted molar refractivity (Wildman–Crippen MR) is 79.4 cm³/mol. The quantitative estimate of drug-likeness (QED) is 0.866. The summed E-state index contributed by atoms with van der Waals surface area (Å²) in [5.41, 5.74) is -0.0827. The third-order valence-corrected chi connectivity index (χ3v) is 4.06. The molecular formula is C14H17Cl2NO3. The first-order valence-corrected chi connectivity index (χ1v) is 6.87. The average molecular weight is 318 g/mol. The van der Waals surface area contributed by atoms with E-state index in [9.17, 15) is 9.59 Å². The van der Waals surface area contributed by atoms with Gasteiger partial charge in [-0.25, -0.2) is 4.79 Å². The Hall–Kier alpha value is -1.26. The highest BCUT2D eigenvalue weighted by Crippen LogP contribution is 2.26. The van der Waals surface area contributed by atoms with Crippen LogP contribution in [-0.4, -0.2) is 24.5 Å². The summed E-state index contributed by atoms with van der Waals surface area (Å²) >= 11 is 12.0. The maximum Gasteiger partial charge on any atom is 0.331 e. The molecule has 0 aromatic heterocycles. The van der Waals surface area contributed by atoms with Crippen LogP contribution in [0.1, 0.15) is 36.2 Å². The number of amides is 1. The molecule has 4 nitrogen and oxygen atoms in total. The lowest BCUT2D eigenvalue weighted by Gasteiger charge is -2.26. The van der Waals surface area contributed by atoms with Crippen molar-refractivity contribution >= 4 is 35.1 Å². The number of ether oxygens (including phenoxy) is 1. The third-order valence-electron chi connectivity index (χ3n) is 3.28. The van der Waals surface area contributed by atoms with Crippen LogP contribution in [0.15, 0.2) is 12.1 Å². The van der Waals surface area contributed by atoms with Gasteiger partial charge >= 0.3 is 5.97 Å². The molecular weight excluding hydrogens is 301 g/mol. The van der Waals surface area contributed by atoms with E-state index in [0.29, 0.717) is 27.6 Å². The molecule has 0 fully saturated rings. The summed E-state index contributed by atoms with van der Waals surface area (Å²) in [6.45, 7) is 5.15. The normalized spacial score (nSPS) is 13.5. The first-order chi connectivity index (χ1) is 9.25. The number of hydrogen-bond donors (Lipinski definition) is 1. The van der Waals surface area contributed by atoms with Crippen LogP contribution in [-0.2, 0) is 9.53 Å². The lowest BCUT2D eigenvalue weighted by molar-refractivity contribution is -0.147. The summed E-state index contributed by atoms with van der Waals surface area (Å²) in [6.07, 6.45) is 0.402. The zero-order valence-electron chi connectivity index (χ0n) is 11.8. The highest BCUT2D eigenvalue weighted by atomic mass is 35.5. The molecule has 1 aromatic carbocycles. The van der Waals surface area contributed by atoms with E-state index < -0.39 is 17.4 Å². The zero-order chi connectivity index (χ0) is 15.5. The Balaban J connectivity index is 3.05. The Bertz CT molecular complexity index is 522. The zero-order valence-corrected chi connectivity index (χ0v) is 13.4. The minimum atomic E-state index is -1.09. The molecule has 1 rings (SSSR count). The Kier molecular flexibility index (Phi) is 5.42. The van der Waals surface area contributed by atoms with E-state index in [0.717, 1.165) is 0 Å². The molecule has 0 saturated heterocycles. The van der Waals surface area contributed by atoms with Gasteiger partial charge in [0.1, 0.15) is 5.54 Å². The summed E-state index contributed by atoms with van der Waals surface area (Å²) in [7, 11) is 1.28. The number of nitrogens with one attached hydrogen (secondary N) is 1. The Morgan fingerprint density at radius 1 is 1.30 bits per heavy atom. The molecule has 1 aromatic rings. The van der Waals surface area contributed by atoms with E-state index in [1.807, 2.05) is 0 Å². The second-order valence-electron chi connectivity index (χ2n) is 4.70. The summed E-state index contributed by atoms with van der Waals surface area (Å²) in [5, 5.41) is 3.46. The van der Waals surface area contributed by atoms with Crippen LogP contribution in [0.3, 0.4) is 0 Å². The Labute approximate surface area is 128 Å². The topological polar surface area (TPSA) is 55.4 Å². The first-order valence-electron chi connectivity index (χ1n) is 6.11. The van der Waals surface area contributed by atoms with Gasteiger partial charge < -0.3 is 10.1 Å². The van der Waals surface area contributed by atoms with Gasteiger partial charge in [0.25, 0.3) is 5.91 Å². The van der Waals surface area contributed by atoms with Crippen LogP contribution in [0.25, 0.3) is 0 Å². The summed E-state index contributed by atoms with van der Waals surface area (Å²) in [5.74, 6) is -0.929. The SMILES string of the molecule is CC[C@](C)(NC(=O)c1cc(Cl)c(C)c(Cl)c1)C(=O)OC. The van der Waals surface area contributed by atoms with Crippen molar-refractivity contribution in [2.75, 3.05) is 7.11 Å². The molecule has 0 spiro atoms. The van der Waals surface area contributed by atoms with Crippen LogP contribution in [0.4, 0.5) is 0 Å². The number of benzene rings is 1. The van der Waals surface area contributed by atoms with Gasteiger partial charge in [-0.3, -0.25) is 4.79 Å². The smallest absolute Gasteiger partial charge is 0.331 e. The van der Waals surface area contributed by atoms with Crippen molar-refractivity contribution in [2.24, 2.45) is 0 Å². The standard InChI is InChI=1S/C14H17Cl2NO3/c1-5-14(3,13(19)20-4)17-12(18)9-6-10(15)8(2)11(16)7-9/h6-7H,5H2,1-4H3,(H,17,18)/t14-/m0/s1. The van der Waals surface area contributed by atoms with Gasteiger partial charge in [0.15, 0.2) is 0 Å². The average Bonchev–Trinajstić information content (AvgIpc) is 2.42. The van der Waals surface area contributed by atoms with Gasteiger partial charge in [-0.1, -0.05) is 30.1 Å². The first kappa shape index (κ1) is 16.8. The van der Waals surface area contributed by atoms with E-state index >= 15 is 0 Å².